The second-order valence-electron chi connectivity index (χ2n) is 5.55. The summed E-state index contributed by atoms with van der Waals surface area (Å²) in [5.41, 5.74) is 0.762. The van der Waals surface area contributed by atoms with Crippen LogP contribution in [0.15, 0.2) is 44.7 Å². The molecular formula is C15H16N2O7S. The van der Waals surface area contributed by atoms with Crippen molar-refractivity contribution in [3.8, 4) is 0 Å². The minimum absolute atomic E-state index is 0.162. The first-order chi connectivity index (χ1) is 11.9. The van der Waals surface area contributed by atoms with E-state index in [1.807, 2.05) is 0 Å². The van der Waals surface area contributed by atoms with E-state index in [2.05, 4.69) is 5.32 Å². The van der Waals surface area contributed by atoms with Crippen molar-refractivity contribution < 1.29 is 31.9 Å². The first-order valence-electron chi connectivity index (χ1n) is 7.53. The van der Waals surface area contributed by atoms with Crippen LogP contribution in [0.3, 0.4) is 0 Å². The molecule has 2 aromatic rings. The Morgan fingerprint density at radius 1 is 1.32 bits per heavy atom. The molecule has 2 N–H and O–H groups in total. The van der Waals surface area contributed by atoms with E-state index in [4.69, 9.17) is 13.9 Å². The molecule has 9 nitrogen and oxygen atoms in total. The lowest BCUT2D eigenvalue weighted by molar-refractivity contribution is -0.124. The van der Waals surface area contributed by atoms with Gasteiger partial charge in [0.25, 0.3) is 10.0 Å². The topological polar surface area (TPSA) is 130 Å². The van der Waals surface area contributed by atoms with Gasteiger partial charge in [-0.3, -0.25) is 4.79 Å². The summed E-state index contributed by atoms with van der Waals surface area (Å²) in [6, 6.07) is 2.98. The minimum Gasteiger partial charge on any atom is -0.475 e. The number of nitrogens with zero attached hydrogens (tertiary/aromatic N) is 1. The van der Waals surface area contributed by atoms with E-state index >= 15 is 0 Å². The lowest BCUT2D eigenvalue weighted by Gasteiger charge is -2.22. The Labute approximate surface area is 143 Å². The molecule has 1 saturated heterocycles. The zero-order chi connectivity index (χ0) is 18.0. The molecule has 0 saturated carbocycles. The second-order valence-corrected chi connectivity index (χ2v) is 7.37. The third-order valence-corrected chi connectivity index (χ3v) is 5.69. The number of amides is 1. The number of hydrogen-bond donors (Lipinski definition) is 2. The average Bonchev–Trinajstić information content (AvgIpc) is 3.33. The predicted molar refractivity (Wildman–Crippen MR) is 83.1 cm³/mol. The molecule has 0 radical (unpaired) electrons. The fraction of sp³-hybridized carbons (Fsp3) is 0.333. The number of sulfonamides is 1. The number of aromatic carboxylic acids is 1. The number of furan rings is 2. The van der Waals surface area contributed by atoms with Gasteiger partial charge in [-0.25, -0.2) is 13.2 Å². The third-order valence-electron chi connectivity index (χ3n) is 3.91. The molecule has 1 atom stereocenters. The normalized spacial score (nSPS) is 18.3. The van der Waals surface area contributed by atoms with E-state index < -0.39 is 38.8 Å². The number of carboxylic acid groups (broad SMARTS) is 1. The van der Waals surface area contributed by atoms with Crippen LogP contribution in [0.25, 0.3) is 0 Å². The first kappa shape index (κ1) is 17.2. The monoisotopic (exact) mass is 368 g/mol. The van der Waals surface area contributed by atoms with Crippen molar-refractivity contribution in [1.82, 2.24) is 9.62 Å². The van der Waals surface area contributed by atoms with Crippen LogP contribution in [0.4, 0.5) is 0 Å². The van der Waals surface area contributed by atoms with E-state index in [1.54, 1.807) is 6.07 Å². The Hall–Kier alpha value is -2.59. The molecule has 1 aliphatic rings. The van der Waals surface area contributed by atoms with Crippen LogP contribution >= 0.6 is 0 Å². The van der Waals surface area contributed by atoms with Crippen LogP contribution < -0.4 is 5.32 Å². The Kier molecular flexibility index (Phi) is 4.64. The molecule has 0 aromatic carbocycles. The highest BCUT2D eigenvalue weighted by molar-refractivity contribution is 7.89. The average molecular weight is 368 g/mol. The fourth-order valence-corrected chi connectivity index (χ4v) is 4.25. The van der Waals surface area contributed by atoms with Crippen molar-refractivity contribution in [2.45, 2.75) is 30.5 Å². The van der Waals surface area contributed by atoms with Gasteiger partial charge in [-0.2, -0.15) is 4.31 Å². The molecule has 0 bridgehead atoms. The molecular weight excluding hydrogens is 352 g/mol. The maximum absolute atomic E-state index is 12.7. The van der Waals surface area contributed by atoms with Crippen LogP contribution in [0.5, 0.6) is 0 Å². The number of carboxylic acids is 1. The number of carbonyl (C=O) groups excluding carboxylic acids is 1. The zero-order valence-corrected chi connectivity index (χ0v) is 13.9. The smallest absolute Gasteiger partial charge is 0.371 e. The SMILES string of the molecule is O=C(O)c1ccc(S(=O)(=O)N2CCCC2C(=O)NCc2ccoc2)o1. The number of rotatable bonds is 6. The molecule has 10 heteroatoms. The van der Waals surface area contributed by atoms with E-state index in [0.717, 1.165) is 22.0 Å². The summed E-state index contributed by atoms with van der Waals surface area (Å²) in [7, 11) is -4.09. The lowest BCUT2D eigenvalue weighted by atomic mass is 10.2. The van der Waals surface area contributed by atoms with Crippen molar-refractivity contribution >= 4 is 21.9 Å². The van der Waals surface area contributed by atoms with Crippen LogP contribution in [-0.4, -0.2) is 42.3 Å². The summed E-state index contributed by atoms with van der Waals surface area (Å²) in [4.78, 5) is 23.2. The van der Waals surface area contributed by atoms with Crippen LogP contribution in [0.1, 0.15) is 29.0 Å². The molecule has 1 unspecified atom stereocenters. The van der Waals surface area contributed by atoms with Gasteiger partial charge >= 0.3 is 5.97 Å². The third kappa shape index (κ3) is 3.44. The van der Waals surface area contributed by atoms with Crippen molar-refractivity contribution in [1.29, 1.82) is 0 Å². The van der Waals surface area contributed by atoms with Gasteiger partial charge in [0.2, 0.25) is 16.8 Å². The van der Waals surface area contributed by atoms with Crippen molar-refractivity contribution in [2.24, 2.45) is 0 Å². The molecule has 1 aliphatic heterocycles. The molecule has 3 rings (SSSR count). The van der Waals surface area contributed by atoms with E-state index in [-0.39, 0.29) is 13.1 Å². The Balaban J connectivity index is 1.75. The van der Waals surface area contributed by atoms with Gasteiger partial charge in [-0.1, -0.05) is 0 Å². The van der Waals surface area contributed by atoms with Gasteiger partial charge in [0.1, 0.15) is 6.04 Å². The van der Waals surface area contributed by atoms with Gasteiger partial charge < -0.3 is 19.3 Å². The zero-order valence-electron chi connectivity index (χ0n) is 13.0. The summed E-state index contributed by atoms with van der Waals surface area (Å²) in [6.45, 7) is 0.388. The quantitative estimate of drug-likeness (QED) is 0.779. The van der Waals surface area contributed by atoms with E-state index in [9.17, 15) is 18.0 Å². The number of hydrogen-bond acceptors (Lipinski definition) is 6. The molecule has 1 amide bonds. The molecule has 2 aromatic heterocycles. The predicted octanol–water partition coefficient (Wildman–Crippen LogP) is 1.04. The molecule has 0 spiro atoms. The maximum Gasteiger partial charge on any atom is 0.371 e. The molecule has 0 aliphatic carbocycles. The highest BCUT2D eigenvalue weighted by Crippen LogP contribution is 2.27. The first-order valence-corrected chi connectivity index (χ1v) is 8.97. The van der Waals surface area contributed by atoms with Gasteiger partial charge in [-0.05, 0) is 31.0 Å². The van der Waals surface area contributed by atoms with Gasteiger partial charge in [0.05, 0.1) is 12.5 Å². The van der Waals surface area contributed by atoms with Crippen LogP contribution in [0, 0.1) is 0 Å². The van der Waals surface area contributed by atoms with Gasteiger partial charge in [-0.15, -0.1) is 0 Å². The minimum atomic E-state index is -4.09. The largest absolute Gasteiger partial charge is 0.475 e. The lowest BCUT2D eigenvalue weighted by Crippen LogP contribution is -2.45. The fourth-order valence-electron chi connectivity index (χ4n) is 2.68. The van der Waals surface area contributed by atoms with Crippen LogP contribution in [0.2, 0.25) is 0 Å². The summed E-state index contributed by atoms with van der Waals surface area (Å²) in [5.74, 6) is -2.26. The summed E-state index contributed by atoms with van der Waals surface area (Å²) in [6.07, 6.45) is 3.86. The molecule has 134 valence electrons. The molecule has 25 heavy (non-hydrogen) atoms. The standard InChI is InChI=1S/C15H16N2O7S/c18-14(16-8-10-5-7-23-9-10)11-2-1-6-17(11)25(21,22)13-4-3-12(24-13)15(19)20/h3-5,7,9,11H,1-2,6,8H2,(H,16,18)(H,19,20). The van der Waals surface area contributed by atoms with Gasteiger partial charge in [0.15, 0.2) is 0 Å². The molecule has 3 heterocycles. The second kappa shape index (κ2) is 6.73. The molecule has 1 fully saturated rings. The van der Waals surface area contributed by atoms with Crippen molar-refractivity contribution in [3.05, 3.63) is 42.0 Å². The number of nitrogens with one attached hydrogen (secondary N) is 1. The van der Waals surface area contributed by atoms with E-state index in [0.29, 0.717) is 12.8 Å². The van der Waals surface area contributed by atoms with Crippen LogP contribution in [-0.2, 0) is 21.4 Å². The summed E-state index contributed by atoms with van der Waals surface area (Å²) < 4.78 is 36.2. The maximum atomic E-state index is 12.7. The summed E-state index contributed by atoms with van der Waals surface area (Å²) >= 11 is 0. The van der Waals surface area contributed by atoms with Gasteiger partial charge in [0, 0.05) is 18.7 Å². The summed E-state index contributed by atoms with van der Waals surface area (Å²) in [5, 5.41) is 11.0. The number of carbonyl (C=O) groups is 2. The van der Waals surface area contributed by atoms with E-state index in [1.165, 1.54) is 12.5 Å². The van der Waals surface area contributed by atoms with Crippen molar-refractivity contribution in [3.63, 3.8) is 0 Å². The highest BCUT2D eigenvalue weighted by atomic mass is 32.2. The van der Waals surface area contributed by atoms with Crippen molar-refractivity contribution in [2.75, 3.05) is 6.54 Å². The highest BCUT2D eigenvalue weighted by Gasteiger charge is 2.41. The Morgan fingerprint density at radius 3 is 2.76 bits per heavy atom. The Bertz CT molecular complexity index is 870. The Morgan fingerprint density at radius 2 is 2.12 bits per heavy atom.